The third kappa shape index (κ3) is 2.89. The molecule has 2 aliphatic rings. The minimum absolute atomic E-state index is 0.480. The summed E-state index contributed by atoms with van der Waals surface area (Å²) in [5, 5.41) is 2.67. The Kier molecular flexibility index (Phi) is 3.88. The van der Waals surface area contributed by atoms with Gasteiger partial charge in [0.15, 0.2) is 0 Å². The molecule has 1 aromatic carbocycles. The molecule has 2 fully saturated rings. The van der Waals surface area contributed by atoms with Gasteiger partial charge >= 0.3 is 0 Å². The highest BCUT2D eigenvalue weighted by molar-refractivity contribution is 5.85. The zero-order valence-electron chi connectivity index (χ0n) is 14.5. The summed E-state index contributed by atoms with van der Waals surface area (Å²) < 4.78 is 0. The third-order valence-corrected chi connectivity index (χ3v) is 5.88. The first-order chi connectivity index (χ1) is 11.2. The molecule has 1 aliphatic heterocycles. The minimum atomic E-state index is 0.480. The first-order valence-electron chi connectivity index (χ1n) is 9.25. The molecule has 2 heterocycles. The van der Waals surface area contributed by atoms with Gasteiger partial charge in [0.1, 0.15) is 0 Å². The third-order valence-electron chi connectivity index (χ3n) is 5.88. The molecular weight excluding hydrogens is 280 g/mol. The van der Waals surface area contributed by atoms with E-state index in [9.17, 15) is 0 Å². The van der Waals surface area contributed by atoms with Crippen LogP contribution in [0.1, 0.15) is 56.7 Å². The first-order valence-corrected chi connectivity index (χ1v) is 9.25. The van der Waals surface area contributed by atoms with Gasteiger partial charge in [-0.1, -0.05) is 32.4 Å². The molecule has 0 amide bonds. The Balaban J connectivity index is 1.38. The van der Waals surface area contributed by atoms with E-state index in [0.29, 0.717) is 5.92 Å². The van der Waals surface area contributed by atoms with E-state index in [4.69, 9.17) is 0 Å². The lowest BCUT2D eigenvalue weighted by molar-refractivity contribution is -0.0596. The van der Waals surface area contributed by atoms with Crippen molar-refractivity contribution in [2.24, 2.45) is 5.41 Å². The molecule has 0 unspecified atom stereocenters. The van der Waals surface area contributed by atoms with Crippen LogP contribution in [0, 0.1) is 5.41 Å². The highest BCUT2D eigenvalue weighted by Crippen LogP contribution is 2.47. The summed E-state index contributed by atoms with van der Waals surface area (Å²) in [6.07, 6.45) is 8.84. The zero-order valence-corrected chi connectivity index (χ0v) is 14.5. The van der Waals surface area contributed by atoms with Crippen LogP contribution < -0.4 is 0 Å². The zero-order chi connectivity index (χ0) is 15.9. The molecule has 2 heteroatoms. The number of fused-ring (bicyclic) bond motifs is 1. The fraction of sp³-hybridized carbons (Fsp3) is 0.571. The van der Waals surface area contributed by atoms with E-state index in [0.717, 1.165) is 5.41 Å². The smallest absolute Gasteiger partial charge is 0.0507 e. The molecular formula is C21H28N2. The van der Waals surface area contributed by atoms with E-state index in [1.165, 1.54) is 73.8 Å². The van der Waals surface area contributed by atoms with Crippen LogP contribution in [0.15, 0.2) is 30.5 Å². The summed E-state index contributed by atoms with van der Waals surface area (Å²) in [4.78, 5) is 7.26. The molecule has 4 rings (SSSR count). The van der Waals surface area contributed by atoms with Crippen molar-refractivity contribution < 1.29 is 0 Å². The number of likely N-dealkylation sites (tertiary alicyclic amines) is 1. The Bertz CT molecular complexity index is 692. The maximum Gasteiger partial charge on any atom is 0.0507 e. The van der Waals surface area contributed by atoms with Crippen molar-refractivity contribution in [2.45, 2.75) is 51.9 Å². The molecule has 1 aliphatic carbocycles. The molecule has 0 atom stereocenters. The van der Waals surface area contributed by atoms with Crippen molar-refractivity contribution in [3.63, 3.8) is 0 Å². The van der Waals surface area contributed by atoms with Gasteiger partial charge in [0, 0.05) is 24.7 Å². The molecule has 122 valence electrons. The summed E-state index contributed by atoms with van der Waals surface area (Å²) in [6, 6.07) is 9.07. The molecule has 2 aromatic rings. The number of pyridine rings is 1. The standard InChI is InChI=1S/C21H28N2/c1-16(2)20-19-13-17(6-7-18(19)8-11-22-20)5-3-12-23-14-21(15-23)9-4-10-21/h6-8,11,13,16H,3-5,9-10,12,14-15H2,1-2H3. The van der Waals surface area contributed by atoms with Crippen molar-refractivity contribution in [1.82, 2.24) is 9.88 Å². The van der Waals surface area contributed by atoms with E-state index in [-0.39, 0.29) is 0 Å². The molecule has 2 nitrogen and oxygen atoms in total. The highest BCUT2D eigenvalue weighted by atomic mass is 15.2. The average molecular weight is 308 g/mol. The Hall–Kier alpha value is -1.41. The second kappa shape index (κ2) is 5.90. The molecule has 1 spiro atoms. The van der Waals surface area contributed by atoms with Crippen LogP contribution in [0.4, 0.5) is 0 Å². The highest BCUT2D eigenvalue weighted by Gasteiger charge is 2.46. The summed E-state index contributed by atoms with van der Waals surface area (Å²) in [7, 11) is 0. The first kappa shape index (κ1) is 15.1. The molecule has 0 bridgehead atoms. The predicted octanol–water partition coefficient (Wildman–Crippen LogP) is 4.78. The van der Waals surface area contributed by atoms with Crippen LogP contribution in [-0.2, 0) is 6.42 Å². The van der Waals surface area contributed by atoms with Gasteiger partial charge in [-0.2, -0.15) is 0 Å². The van der Waals surface area contributed by atoms with Crippen molar-refractivity contribution in [3.8, 4) is 0 Å². The fourth-order valence-corrected chi connectivity index (χ4v) is 4.41. The SMILES string of the molecule is CC(C)c1nccc2ccc(CCCN3CC4(CCC4)C3)cc12. The van der Waals surface area contributed by atoms with E-state index >= 15 is 0 Å². The summed E-state index contributed by atoms with van der Waals surface area (Å²) in [5.41, 5.74) is 3.46. The topological polar surface area (TPSA) is 16.1 Å². The van der Waals surface area contributed by atoms with E-state index in [1.807, 2.05) is 6.20 Å². The molecule has 1 saturated carbocycles. The second-order valence-corrected chi connectivity index (χ2v) is 8.07. The lowest BCUT2D eigenvalue weighted by Crippen LogP contribution is -2.59. The van der Waals surface area contributed by atoms with Crippen LogP contribution in [0.3, 0.4) is 0 Å². The molecule has 1 saturated heterocycles. The second-order valence-electron chi connectivity index (χ2n) is 8.07. The Labute approximate surface area is 139 Å². The van der Waals surface area contributed by atoms with Crippen molar-refractivity contribution in [1.29, 1.82) is 0 Å². The molecule has 0 radical (unpaired) electrons. The summed E-state index contributed by atoms with van der Waals surface area (Å²) >= 11 is 0. The number of aromatic nitrogens is 1. The van der Waals surface area contributed by atoms with Gasteiger partial charge in [0.05, 0.1) is 5.69 Å². The average Bonchev–Trinajstić information content (AvgIpc) is 2.46. The van der Waals surface area contributed by atoms with E-state index in [2.05, 4.69) is 48.0 Å². The Morgan fingerprint density at radius 1 is 1.17 bits per heavy atom. The number of benzene rings is 1. The van der Waals surface area contributed by atoms with E-state index < -0.39 is 0 Å². The number of rotatable bonds is 5. The molecule has 1 aromatic heterocycles. The molecule has 0 N–H and O–H groups in total. The Morgan fingerprint density at radius 2 is 2.00 bits per heavy atom. The maximum atomic E-state index is 4.60. The van der Waals surface area contributed by atoms with Gasteiger partial charge in [-0.15, -0.1) is 0 Å². The monoisotopic (exact) mass is 308 g/mol. The lowest BCUT2D eigenvalue weighted by atomic mass is 9.63. The van der Waals surface area contributed by atoms with E-state index in [1.54, 1.807) is 0 Å². The lowest BCUT2D eigenvalue weighted by Gasteiger charge is -2.56. The van der Waals surface area contributed by atoms with Gasteiger partial charge < -0.3 is 4.90 Å². The van der Waals surface area contributed by atoms with Crippen LogP contribution >= 0.6 is 0 Å². The normalized spacial score (nSPS) is 20.0. The maximum absolute atomic E-state index is 4.60. The van der Waals surface area contributed by atoms with Crippen LogP contribution in [0.5, 0.6) is 0 Å². The number of nitrogens with zero attached hydrogens (tertiary/aromatic N) is 2. The van der Waals surface area contributed by atoms with Crippen molar-refractivity contribution >= 4 is 10.8 Å². The van der Waals surface area contributed by atoms with Crippen molar-refractivity contribution in [3.05, 3.63) is 41.7 Å². The van der Waals surface area contributed by atoms with Gasteiger partial charge in [-0.3, -0.25) is 4.98 Å². The largest absolute Gasteiger partial charge is 0.302 e. The fourth-order valence-electron chi connectivity index (χ4n) is 4.41. The number of aryl methyl sites for hydroxylation is 1. The predicted molar refractivity (Wildman–Crippen MR) is 96.9 cm³/mol. The minimum Gasteiger partial charge on any atom is -0.302 e. The van der Waals surface area contributed by atoms with Gasteiger partial charge in [0.25, 0.3) is 0 Å². The summed E-state index contributed by atoms with van der Waals surface area (Å²) in [6.45, 7) is 8.46. The Morgan fingerprint density at radius 3 is 2.70 bits per heavy atom. The number of hydrogen-bond donors (Lipinski definition) is 0. The number of hydrogen-bond acceptors (Lipinski definition) is 2. The van der Waals surface area contributed by atoms with Crippen LogP contribution in [-0.4, -0.2) is 29.5 Å². The molecule has 23 heavy (non-hydrogen) atoms. The van der Waals surface area contributed by atoms with Crippen LogP contribution in [0.2, 0.25) is 0 Å². The van der Waals surface area contributed by atoms with Gasteiger partial charge in [0.2, 0.25) is 0 Å². The summed E-state index contributed by atoms with van der Waals surface area (Å²) in [5.74, 6) is 0.480. The van der Waals surface area contributed by atoms with Gasteiger partial charge in [-0.05, 0) is 66.6 Å². The quantitative estimate of drug-likeness (QED) is 0.790. The van der Waals surface area contributed by atoms with Crippen LogP contribution in [0.25, 0.3) is 10.8 Å². The van der Waals surface area contributed by atoms with Gasteiger partial charge in [-0.25, -0.2) is 0 Å². The van der Waals surface area contributed by atoms with Crippen molar-refractivity contribution in [2.75, 3.05) is 19.6 Å².